The first-order valence-corrected chi connectivity index (χ1v) is 10.3. The Balaban J connectivity index is 1.62. The Morgan fingerprint density at radius 3 is 2.08 bits per heavy atom. The van der Waals surface area contributed by atoms with Crippen molar-refractivity contribution >= 4 is 5.57 Å². The molecule has 0 amide bonds. The molecule has 3 rings (SSSR count). The molecule has 0 aromatic heterocycles. The molecule has 0 saturated heterocycles. The van der Waals surface area contributed by atoms with Gasteiger partial charge in [0.25, 0.3) is 0 Å². The van der Waals surface area contributed by atoms with Crippen molar-refractivity contribution in [2.45, 2.75) is 58.8 Å². The van der Waals surface area contributed by atoms with Crippen molar-refractivity contribution in [3.63, 3.8) is 0 Å². The fourth-order valence-corrected chi connectivity index (χ4v) is 3.75. The highest BCUT2D eigenvalue weighted by Gasteiger charge is 2.15. The summed E-state index contributed by atoms with van der Waals surface area (Å²) in [6.45, 7) is 5.20. The van der Waals surface area contributed by atoms with E-state index >= 15 is 0 Å². The lowest BCUT2D eigenvalue weighted by Gasteiger charge is -2.22. The van der Waals surface area contributed by atoms with E-state index in [2.05, 4.69) is 68.5 Å². The van der Waals surface area contributed by atoms with Crippen molar-refractivity contribution in [3.8, 4) is 16.9 Å². The second-order valence-corrected chi connectivity index (χ2v) is 7.46. The van der Waals surface area contributed by atoms with Gasteiger partial charge in [-0.3, -0.25) is 0 Å². The van der Waals surface area contributed by atoms with Gasteiger partial charge in [-0.15, -0.1) is 0 Å². The van der Waals surface area contributed by atoms with Gasteiger partial charge in [-0.25, -0.2) is 0 Å². The van der Waals surface area contributed by atoms with Gasteiger partial charge in [-0.1, -0.05) is 75.6 Å². The summed E-state index contributed by atoms with van der Waals surface area (Å²) in [7, 11) is 0. The summed E-state index contributed by atoms with van der Waals surface area (Å²) in [4.78, 5) is 0. The molecular weight excluding hydrogens is 316 g/mol. The minimum Gasteiger partial charge on any atom is -0.494 e. The van der Waals surface area contributed by atoms with E-state index in [9.17, 15) is 0 Å². The van der Waals surface area contributed by atoms with E-state index in [-0.39, 0.29) is 0 Å². The maximum absolute atomic E-state index is 5.67. The molecule has 1 aliphatic rings. The van der Waals surface area contributed by atoms with Crippen LogP contribution in [0.4, 0.5) is 0 Å². The van der Waals surface area contributed by atoms with Gasteiger partial charge in [-0.2, -0.15) is 0 Å². The van der Waals surface area contributed by atoms with Crippen molar-refractivity contribution in [2.24, 2.45) is 5.92 Å². The quantitative estimate of drug-likeness (QED) is 0.479. The summed E-state index contributed by atoms with van der Waals surface area (Å²) in [6.07, 6.45) is 11.5. The zero-order valence-electron chi connectivity index (χ0n) is 16.3. The Bertz CT molecular complexity index is 694. The molecule has 0 aliphatic heterocycles. The van der Waals surface area contributed by atoms with Crippen LogP contribution >= 0.6 is 0 Å². The maximum atomic E-state index is 5.67. The molecule has 0 bridgehead atoms. The van der Waals surface area contributed by atoms with Crippen LogP contribution in [0.25, 0.3) is 16.7 Å². The highest BCUT2D eigenvalue weighted by Crippen LogP contribution is 2.33. The molecule has 0 spiro atoms. The Morgan fingerprint density at radius 1 is 0.846 bits per heavy atom. The summed E-state index contributed by atoms with van der Waals surface area (Å²) < 4.78 is 5.67. The van der Waals surface area contributed by atoms with Crippen molar-refractivity contribution < 1.29 is 4.74 Å². The minimum absolute atomic E-state index is 0.780. The fraction of sp³-hybridized carbons (Fsp3) is 0.440. The predicted molar refractivity (Wildman–Crippen MR) is 113 cm³/mol. The van der Waals surface area contributed by atoms with E-state index in [0.717, 1.165) is 24.7 Å². The molecule has 2 aromatic carbocycles. The van der Waals surface area contributed by atoms with Gasteiger partial charge in [0.1, 0.15) is 5.75 Å². The van der Waals surface area contributed by atoms with Crippen LogP contribution < -0.4 is 4.74 Å². The molecular formula is C25H32O. The average molecular weight is 349 g/mol. The molecule has 1 nitrogen and oxygen atoms in total. The molecule has 0 N–H and O–H groups in total. The van der Waals surface area contributed by atoms with Crippen LogP contribution in [0.2, 0.25) is 0 Å². The van der Waals surface area contributed by atoms with Crippen LogP contribution in [0.5, 0.6) is 5.75 Å². The average Bonchev–Trinajstić information content (AvgIpc) is 2.72. The lowest BCUT2D eigenvalue weighted by Crippen LogP contribution is -2.05. The third-order valence-corrected chi connectivity index (χ3v) is 5.40. The number of rotatable bonds is 8. The van der Waals surface area contributed by atoms with Gasteiger partial charge in [-0.05, 0) is 66.0 Å². The number of hydrogen-bond acceptors (Lipinski definition) is 1. The van der Waals surface area contributed by atoms with Gasteiger partial charge in [0.15, 0.2) is 0 Å². The van der Waals surface area contributed by atoms with Crippen LogP contribution in [0, 0.1) is 5.92 Å². The zero-order chi connectivity index (χ0) is 18.2. The van der Waals surface area contributed by atoms with Crippen molar-refractivity contribution in [3.05, 3.63) is 60.2 Å². The fourth-order valence-electron chi connectivity index (χ4n) is 3.75. The monoisotopic (exact) mass is 348 g/mol. The summed E-state index contributed by atoms with van der Waals surface area (Å²) in [6, 6.07) is 17.5. The number of benzene rings is 2. The topological polar surface area (TPSA) is 9.23 Å². The van der Waals surface area contributed by atoms with Crippen molar-refractivity contribution in [2.75, 3.05) is 6.61 Å². The Labute approximate surface area is 159 Å². The number of ether oxygens (including phenoxy) is 1. The van der Waals surface area contributed by atoms with E-state index in [0.29, 0.717) is 0 Å². The molecule has 0 saturated carbocycles. The van der Waals surface area contributed by atoms with Crippen LogP contribution in [-0.4, -0.2) is 6.61 Å². The summed E-state index contributed by atoms with van der Waals surface area (Å²) >= 11 is 0. The van der Waals surface area contributed by atoms with Crippen molar-refractivity contribution in [1.82, 2.24) is 0 Å². The molecule has 0 radical (unpaired) electrons. The molecule has 2 aromatic rings. The summed E-state index contributed by atoms with van der Waals surface area (Å²) in [5, 5.41) is 0. The molecule has 1 aliphatic carbocycles. The third kappa shape index (κ3) is 5.00. The van der Waals surface area contributed by atoms with Gasteiger partial charge < -0.3 is 4.74 Å². The van der Waals surface area contributed by atoms with Gasteiger partial charge in [0.2, 0.25) is 0 Å². The largest absolute Gasteiger partial charge is 0.494 e. The van der Waals surface area contributed by atoms with E-state index in [1.165, 1.54) is 60.8 Å². The van der Waals surface area contributed by atoms with Gasteiger partial charge in [0.05, 0.1) is 6.61 Å². The second kappa shape index (κ2) is 9.62. The normalized spacial score (nSPS) is 17.0. The molecule has 0 heterocycles. The highest BCUT2D eigenvalue weighted by molar-refractivity contribution is 5.71. The van der Waals surface area contributed by atoms with Crippen LogP contribution in [0.1, 0.15) is 64.4 Å². The van der Waals surface area contributed by atoms with Crippen LogP contribution in [0.3, 0.4) is 0 Å². The zero-order valence-corrected chi connectivity index (χ0v) is 16.3. The SMILES string of the molecule is CCCCC1CC=C(c2ccc(-c3ccc(OCCC)cc3)cc2)CC1. The number of unbranched alkanes of at least 4 members (excludes halogenated alkanes) is 1. The Morgan fingerprint density at radius 2 is 1.50 bits per heavy atom. The maximum Gasteiger partial charge on any atom is 0.119 e. The first kappa shape index (κ1) is 18.8. The Hall–Kier alpha value is -2.02. The second-order valence-electron chi connectivity index (χ2n) is 7.46. The smallest absolute Gasteiger partial charge is 0.119 e. The van der Waals surface area contributed by atoms with Crippen molar-refractivity contribution in [1.29, 1.82) is 0 Å². The van der Waals surface area contributed by atoms with Gasteiger partial charge >= 0.3 is 0 Å². The van der Waals surface area contributed by atoms with Crippen LogP contribution in [-0.2, 0) is 0 Å². The third-order valence-electron chi connectivity index (χ3n) is 5.40. The van der Waals surface area contributed by atoms with Crippen LogP contribution in [0.15, 0.2) is 54.6 Å². The van der Waals surface area contributed by atoms with Gasteiger partial charge in [0, 0.05) is 0 Å². The van der Waals surface area contributed by atoms with E-state index < -0.39 is 0 Å². The molecule has 0 fully saturated rings. The minimum atomic E-state index is 0.780. The lowest BCUT2D eigenvalue weighted by molar-refractivity contribution is 0.317. The molecule has 1 heteroatoms. The summed E-state index contributed by atoms with van der Waals surface area (Å²) in [5.74, 6) is 1.86. The Kier molecular flexibility index (Phi) is 6.94. The number of allylic oxidation sites excluding steroid dienone is 2. The first-order chi connectivity index (χ1) is 12.8. The molecule has 1 unspecified atom stereocenters. The van der Waals surface area contributed by atoms with E-state index in [4.69, 9.17) is 4.74 Å². The lowest BCUT2D eigenvalue weighted by atomic mass is 9.84. The molecule has 26 heavy (non-hydrogen) atoms. The standard InChI is InChI=1S/C25H32O/c1-3-5-6-20-7-9-21(10-8-20)22-11-13-23(14-12-22)24-15-17-25(18-16-24)26-19-4-2/h9,11-18,20H,3-8,10,19H2,1-2H3. The molecule has 1 atom stereocenters. The van der Waals surface area contributed by atoms with E-state index in [1.54, 1.807) is 0 Å². The molecule has 138 valence electrons. The van der Waals surface area contributed by atoms with E-state index in [1.807, 2.05) is 0 Å². The number of hydrogen-bond donors (Lipinski definition) is 0. The highest BCUT2D eigenvalue weighted by atomic mass is 16.5. The summed E-state index contributed by atoms with van der Waals surface area (Å²) in [5.41, 5.74) is 5.45. The predicted octanol–water partition coefficient (Wildman–Crippen LogP) is 7.52. The first-order valence-electron chi connectivity index (χ1n) is 10.3.